The Morgan fingerprint density at radius 1 is 1.16 bits per heavy atom. The summed E-state index contributed by atoms with van der Waals surface area (Å²) in [6.07, 6.45) is 0. The number of carbonyl (C=O) groups excluding carboxylic acids is 1. The minimum atomic E-state index is -0.260. The number of rotatable bonds is 7. The predicted octanol–water partition coefficient (Wildman–Crippen LogP) is 3.99. The van der Waals surface area contributed by atoms with Crippen LogP contribution in [0.3, 0.4) is 0 Å². The first-order chi connectivity index (χ1) is 15.0. The number of aromatic amines is 1. The highest BCUT2D eigenvalue weighted by Gasteiger charge is 2.21. The van der Waals surface area contributed by atoms with Gasteiger partial charge in [-0.25, -0.2) is 9.97 Å². The number of methoxy groups -OCH3 is 1. The minimum absolute atomic E-state index is 0.135. The summed E-state index contributed by atoms with van der Waals surface area (Å²) >= 11 is 7.33. The molecule has 0 saturated carbocycles. The molecule has 7 nitrogen and oxygen atoms in total. The van der Waals surface area contributed by atoms with Crippen LogP contribution in [-0.4, -0.2) is 46.0 Å². The van der Waals surface area contributed by atoms with Gasteiger partial charge in [-0.3, -0.25) is 9.59 Å². The predicted molar refractivity (Wildman–Crippen MR) is 122 cm³/mol. The monoisotopic (exact) mass is 454 g/mol. The lowest BCUT2D eigenvalue weighted by Crippen LogP contribution is -2.35. The molecule has 2 heterocycles. The first-order valence-electron chi connectivity index (χ1n) is 9.53. The summed E-state index contributed by atoms with van der Waals surface area (Å²) in [6.45, 7) is 0.813. The highest BCUT2D eigenvalue weighted by molar-refractivity contribution is 7.13. The van der Waals surface area contributed by atoms with E-state index in [1.54, 1.807) is 47.7 Å². The molecule has 0 bridgehead atoms. The van der Waals surface area contributed by atoms with Crippen molar-refractivity contribution < 1.29 is 9.53 Å². The number of H-pyrrole nitrogens is 1. The van der Waals surface area contributed by atoms with Gasteiger partial charge in [-0.05, 0) is 24.3 Å². The average Bonchev–Trinajstić information content (AvgIpc) is 3.27. The molecular weight excluding hydrogens is 436 g/mol. The number of hydrogen-bond acceptors (Lipinski definition) is 6. The Morgan fingerprint density at radius 2 is 1.94 bits per heavy atom. The van der Waals surface area contributed by atoms with E-state index in [-0.39, 0.29) is 18.0 Å². The number of para-hydroxylation sites is 1. The van der Waals surface area contributed by atoms with Crippen LogP contribution in [0.15, 0.2) is 58.7 Å². The van der Waals surface area contributed by atoms with Crippen LogP contribution in [0.5, 0.6) is 0 Å². The van der Waals surface area contributed by atoms with Crippen molar-refractivity contribution in [1.29, 1.82) is 0 Å². The standard InChI is InChI=1S/C22H19ClN4O3S/c1-30-11-10-27(12-19-24-17-5-3-2-4-16(17)20(28)26-19)22(29)18-13-31-21(25-18)14-6-8-15(23)9-7-14/h2-9,13H,10-12H2,1H3,(H,24,26,28). The van der Waals surface area contributed by atoms with Crippen molar-refractivity contribution in [2.24, 2.45) is 0 Å². The van der Waals surface area contributed by atoms with Crippen LogP contribution in [0.25, 0.3) is 21.5 Å². The molecule has 0 saturated heterocycles. The number of fused-ring (bicyclic) bond motifs is 1. The van der Waals surface area contributed by atoms with Crippen LogP contribution in [0.4, 0.5) is 0 Å². The van der Waals surface area contributed by atoms with Gasteiger partial charge in [0.1, 0.15) is 16.5 Å². The van der Waals surface area contributed by atoms with E-state index in [9.17, 15) is 9.59 Å². The number of carbonyl (C=O) groups is 1. The van der Waals surface area contributed by atoms with Gasteiger partial charge in [0, 0.05) is 29.6 Å². The Hall–Kier alpha value is -3.07. The van der Waals surface area contributed by atoms with Crippen molar-refractivity contribution in [2.45, 2.75) is 6.54 Å². The minimum Gasteiger partial charge on any atom is -0.383 e. The van der Waals surface area contributed by atoms with Crippen LogP contribution >= 0.6 is 22.9 Å². The van der Waals surface area contributed by atoms with Gasteiger partial charge < -0.3 is 14.6 Å². The van der Waals surface area contributed by atoms with Crippen LogP contribution in [0.2, 0.25) is 5.02 Å². The molecule has 1 N–H and O–H groups in total. The smallest absolute Gasteiger partial charge is 0.273 e. The van der Waals surface area contributed by atoms with Crippen LogP contribution in [-0.2, 0) is 11.3 Å². The first kappa shape index (κ1) is 21.2. The Kier molecular flexibility index (Phi) is 6.41. The summed E-state index contributed by atoms with van der Waals surface area (Å²) in [5.74, 6) is 0.144. The molecule has 0 unspecified atom stereocenters. The topological polar surface area (TPSA) is 88.2 Å². The Morgan fingerprint density at radius 3 is 2.71 bits per heavy atom. The maximum absolute atomic E-state index is 13.2. The molecule has 0 atom stereocenters. The van der Waals surface area contributed by atoms with Gasteiger partial charge >= 0.3 is 0 Å². The Bertz CT molecular complexity index is 1270. The van der Waals surface area contributed by atoms with Gasteiger partial charge in [0.05, 0.1) is 24.1 Å². The van der Waals surface area contributed by atoms with E-state index in [4.69, 9.17) is 16.3 Å². The lowest BCUT2D eigenvalue weighted by molar-refractivity contribution is 0.0670. The number of nitrogens with zero attached hydrogens (tertiary/aromatic N) is 3. The lowest BCUT2D eigenvalue weighted by Gasteiger charge is -2.21. The largest absolute Gasteiger partial charge is 0.383 e. The van der Waals surface area contributed by atoms with Crippen LogP contribution < -0.4 is 5.56 Å². The average molecular weight is 455 g/mol. The van der Waals surface area contributed by atoms with E-state index in [1.807, 2.05) is 18.2 Å². The zero-order chi connectivity index (χ0) is 21.8. The van der Waals surface area contributed by atoms with E-state index in [1.165, 1.54) is 11.3 Å². The number of ether oxygens (including phenoxy) is 1. The molecule has 1 amide bonds. The summed E-state index contributed by atoms with van der Waals surface area (Å²) in [6, 6.07) is 14.4. The molecule has 0 aliphatic rings. The molecule has 0 aliphatic carbocycles. The highest BCUT2D eigenvalue weighted by atomic mass is 35.5. The van der Waals surface area contributed by atoms with E-state index < -0.39 is 0 Å². The second kappa shape index (κ2) is 9.38. The summed E-state index contributed by atoms with van der Waals surface area (Å²) in [7, 11) is 1.57. The van der Waals surface area contributed by atoms with Gasteiger partial charge in [-0.15, -0.1) is 11.3 Å². The molecule has 0 aliphatic heterocycles. The molecule has 2 aromatic carbocycles. The maximum atomic E-state index is 13.2. The third kappa shape index (κ3) is 4.82. The molecule has 4 rings (SSSR count). The van der Waals surface area contributed by atoms with Crippen molar-refractivity contribution >= 4 is 39.7 Å². The third-order valence-electron chi connectivity index (χ3n) is 4.67. The fourth-order valence-corrected chi connectivity index (χ4v) is 4.03. The number of halogens is 1. The normalized spacial score (nSPS) is 11.0. The summed E-state index contributed by atoms with van der Waals surface area (Å²) in [5, 5.41) is 3.60. The second-order valence-corrected chi connectivity index (χ2v) is 8.09. The molecule has 0 spiro atoms. The molecule has 158 valence electrons. The molecule has 0 radical (unpaired) electrons. The molecule has 0 fully saturated rings. The fraction of sp³-hybridized carbons (Fsp3) is 0.182. The summed E-state index contributed by atoms with van der Waals surface area (Å²) in [4.78, 5) is 38.9. The van der Waals surface area contributed by atoms with Crippen molar-refractivity contribution in [2.75, 3.05) is 20.3 Å². The van der Waals surface area contributed by atoms with Crippen molar-refractivity contribution in [3.63, 3.8) is 0 Å². The van der Waals surface area contributed by atoms with Gasteiger partial charge in [0.2, 0.25) is 0 Å². The van der Waals surface area contributed by atoms with Gasteiger partial charge in [0.15, 0.2) is 0 Å². The van der Waals surface area contributed by atoms with Gasteiger partial charge in [-0.1, -0.05) is 35.9 Å². The fourth-order valence-electron chi connectivity index (χ4n) is 3.10. The van der Waals surface area contributed by atoms with Crippen LogP contribution in [0, 0.1) is 0 Å². The maximum Gasteiger partial charge on any atom is 0.273 e. The zero-order valence-electron chi connectivity index (χ0n) is 16.7. The number of nitrogens with one attached hydrogen (secondary N) is 1. The van der Waals surface area contributed by atoms with Gasteiger partial charge in [0.25, 0.3) is 11.5 Å². The Labute approximate surface area is 187 Å². The number of hydrogen-bond donors (Lipinski definition) is 1. The number of benzene rings is 2. The highest BCUT2D eigenvalue weighted by Crippen LogP contribution is 2.25. The second-order valence-electron chi connectivity index (χ2n) is 6.79. The summed E-state index contributed by atoms with van der Waals surface area (Å²) < 4.78 is 5.16. The first-order valence-corrected chi connectivity index (χ1v) is 10.8. The third-order valence-corrected chi connectivity index (χ3v) is 5.81. The number of thiazole rings is 1. The molecular formula is C22H19ClN4O3S. The quantitative estimate of drug-likeness (QED) is 0.456. The molecule has 4 aromatic rings. The van der Waals surface area contributed by atoms with E-state index in [0.29, 0.717) is 40.6 Å². The van der Waals surface area contributed by atoms with Crippen molar-refractivity contribution in [1.82, 2.24) is 19.9 Å². The van der Waals surface area contributed by atoms with E-state index >= 15 is 0 Å². The number of amides is 1. The SMILES string of the molecule is COCCN(Cc1nc2ccccc2c(=O)[nH]1)C(=O)c1csc(-c2ccc(Cl)cc2)n1. The van der Waals surface area contributed by atoms with E-state index in [2.05, 4.69) is 15.0 Å². The lowest BCUT2D eigenvalue weighted by atomic mass is 10.2. The molecule has 31 heavy (non-hydrogen) atoms. The summed E-state index contributed by atoms with van der Waals surface area (Å²) in [5.41, 5.74) is 1.56. The van der Waals surface area contributed by atoms with Crippen molar-refractivity contribution in [3.05, 3.63) is 80.8 Å². The zero-order valence-corrected chi connectivity index (χ0v) is 18.2. The molecule has 2 aromatic heterocycles. The van der Waals surface area contributed by atoms with E-state index in [0.717, 1.165) is 10.6 Å². The van der Waals surface area contributed by atoms with Crippen LogP contribution in [0.1, 0.15) is 16.3 Å². The number of aromatic nitrogens is 3. The molecule has 9 heteroatoms. The van der Waals surface area contributed by atoms with Crippen molar-refractivity contribution in [3.8, 4) is 10.6 Å². The van der Waals surface area contributed by atoms with Gasteiger partial charge in [-0.2, -0.15) is 0 Å². The Balaban J connectivity index is 1.60.